The van der Waals surface area contributed by atoms with Gasteiger partial charge in [-0.25, -0.2) is 0 Å². The van der Waals surface area contributed by atoms with Crippen molar-refractivity contribution in [1.82, 2.24) is 15.5 Å². The molecule has 0 aromatic heterocycles. The van der Waals surface area contributed by atoms with Crippen LogP contribution < -0.4 is 10.6 Å². The van der Waals surface area contributed by atoms with Crippen LogP contribution in [0.25, 0.3) is 0 Å². The highest BCUT2D eigenvalue weighted by Gasteiger charge is 2.17. The molecule has 0 aliphatic carbocycles. The Morgan fingerprint density at radius 2 is 1.92 bits per heavy atom. The number of nitrogens with one attached hydrogen (secondary N) is 2. The van der Waals surface area contributed by atoms with Gasteiger partial charge in [0.25, 0.3) is 0 Å². The summed E-state index contributed by atoms with van der Waals surface area (Å²) in [5.74, 6) is 1.76. The molecule has 0 radical (unpaired) electrons. The zero-order chi connectivity index (χ0) is 16.5. The van der Waals surface area contributed by atoms with Gasteiger partial charge in [0.2, 0.25) is 0 Å². The van der Waals surface area contributed by atoms with E-state index in [-0.39, 0.29) is 24.0 Å². The number of likely N-dealkylation sites (tertiary alicyclic amines) is 1. The van der Waals surface area contributed by atoms with Gasteiger partial charge in [-0.15, -0.1) is 24.0 Å². The number of piperidine rings is 1. The van der Waals surface area contributed by atoms with Crippen molar-refractivity contribution in [2.24, 2.45) is 10.9 Å². The zero-order valence-electron chi connectivity index (χ0n) is 15.3. The SMILES string of the molecule is CCN1CCC(CCNC(=NC)NCc2ccccc2C)CC1.I. The van der Waals surface area contributed by atoms with Gasteiger partial charge < -0.3 is 15.5 Å². The molecule has 24 heavy (non-hydrogen) atoms. The molecular formula is C19H33IN4. The van der Waals surface area contributed by atoms with Crippen molar-refractivity contribution < 1.29 is 0 Å². The Morgan fingerprint density at radius 3 is 2.54 bits per heavy atom. The average Bonchev–Trinajstić information content (AvgIpc) is 2.59. The molecule has 1 heterocycles. The third-order valence-electron chi connectivity index (χ3n) is 4.93. The fourth-order valence-electron chi connectivity index (χ4n) is 3.19. The van der Waals surface area contributed by atoms with Crippen LogP contribution >= 0.6 is 24.0 Å². The van der Waals surface area contributed by atoms with E-state index >= 15 is 0 Å². The summed E-state index contributed by atoms with van der Waals surface area (Å²) in [4.78, 5) is 6.88. The fraction of sp³-hybridized carbons (Fsp3) is 0.632. The summed E-state index contributed by atoms with van der Waals surface area (Å²) < 4.78 is 0. The number of aryl methyl sites for hydroxylation is 1. The first-order chi connectivity index (χ1) is 11.2. The first kappa shape index (κ1) is 21.2. The predicted molar refractivity (Wildman–Crippen MR) is 114 cm³/mol. The number of hydrogen-bond donors (Lipinski definition) is 2. The lowest BCUT2D eigenvalue weighted by Crippen LogP contribution is -2.39. The molecule has 1 saturated heterocycles. The van der Waals surface area contributed by atoms with E-state index in [9.17, 15) is 0 Å². The highest BCUT2D eigenvalue weighted by Crippen LogP contribution is 2.19. The first-order valence-corrected chi connectivity index (χ1v) is 8.94. The molecule has 136 valence electrons. The van der Waals surface area contributed by atoms with Crippen LogP contribution in [0.2, 0.25) is 0 Å². The summed E-state index contributed by atoms with van der Waals surface area (Å²) >= 11 is 0. The minimum absolute atomic E-state index is 0. The van der Waals surface area contributed by atoms with Gasteiger partial charge in [0.1, 0.15) is 0 Å². The zero-order valence-corrected chi connectivity index (χ0v) is 17.7. The van der Waals surface area contributed by atoms with Crippen molar-refractivity contribution in [2.45, 2.75) is 39.7 Å². The summed E-state index contributed by atoms with van der Waals surface area (Å²) in [6.45, 7) is 9.95. The molecule has 0 spiro atoms. The Balaban J connectivity index is 0.00000288. The van der Waals surface area contributed by atoms with Crippen molar-refractivity contribution in [3.05, 3.63) is 35.4 Å². The Hall–Kier alpha value is -0.820. The van der Waals surface area contributed by atoms with Crippen molar-refractivity contribution in [1.29, 1.82) is 0 Å². The Kier molecular flexibility index (Phi) is 10.3. The molecule has 0 unspecified atom stereocenters. The molecule has 1 aromatic carbocycles. The van der Waals surface area contributed by atoms with Crippen LogP contribution in [0, 0.1) is 12.8 Å². The van der Waals surface area contributed by atoms with Gasteiger partial charge in [0, 0.05) is 20.1 Å². The van der Waals surface area contributed by atoms with Gasteiger partial charge >= 0.3 is 0 Å². The molecule has 1 aliphatic heterocycles. The van der Waals surface area contributed by atoms with Gasteiger partial charge in [-0.2, -0.15) is 0 Å². The summed E-state index contributed by atoms with van der Waals surface area (Å²) in [6, 6.07) is 8.48. The quantitative estimate of drug-likeness (QED) is 0.402. The first-order valence-electron chi connectivity index (χ1n) is 8.94. The number of halogens is 1. The molecule has 1 fully saturated rings. The van der Waals surface area contributed by atoms with Crippen molar-refractivity contribution in [2.75, 3.05) is 33.2 Å². The third kappa shape index (κ3) is 6.97. The van der Waals surface area contributed by atoms with Crippen molar-refractivity contribution in [3.63, 3.8) is 0 Å². The second-order valence-corrected chi connectivity index (χ2v) is 6.45. The molecule has 0 atom stereocenters. The van der Waals surface area contributed by atoms with Crippen LogP contribution in [0.4, 0.5) is 0 Å². The van der Waals surface area contributed by atoms with Gasteiger partial charge in [-0.3, -0.25) is 4.99 Å². The molecule has 1 aliphatic rings. The second-order valence-electron chi connectivity index (χ2n) is 6.45. The number of guanidine groups is 1. The topological polar surface area (TPSA) is 39.7 Å². The summed E-state index contributed by atoms with van der Waals surface area (Å²) in [6.07, 6.45) is 3.91. The van der Waals surface area contributed by atoms with Crippen LogP contribution in [0.15, 0.2) is 29.3 Å². The Morgan fingerprint density at radius 1 is 1.21 bits per heavy atom. The minimum atomic E-state index is 0. The molecule has 0 bridgehead atoms. The molecule has 0 saturated carbocycles. The average molecular weight is 444 g/mol. The maximum Gasteiger partial charge on any atom is 0.191 e. The normalized spacial score (nSPS) is 16.5. The molecule has 0 amide bonds. The Labute approximate surface area is 164 Å². The predicted octanol–water partition coefficient (Wildman–Crippen LogP) is 3.40. The monoisotopic (exact) mass is 444 g/mol. The lowest BCUT2D eigenvalue weighted by Gasteiger charge is -2.31. The van der Waals surface area contributed by atoms with E-state index in [1.54, 1.807) is 0 Å². The summed E-state index contributed by atoms with van der Waals surface area (Å²) in [5, 5.41) is 6.87. The maximum atomic E-state index is 4.33. The lowest BCUT2D eigenvalue weighted by molar-refractivity contribution is 0.187. The van der Waals surface area contributed by atoms with E-state index in [0.29, 0.717) is 0 Å². The van der Waals surface area contributed by atoms with E-state index in [0.717, 1.165) is 25.0 Å². The lowest BCUT2D eigenvalue weighted by atomic mass is 9.93. The maximum absolute atomic E-state index is 4.33. The van der Waals surface area contributed by atoms with Crippen molar-refractivity contribution in [3.8, 4) is 0 Å². The molecule has 5 heteroatoms. The summed E-state index contributed by atoms with van der Waals surface area (Å²) in [5.41, 5.74) is 2.64. The van der Waals surface area contributed by atoms with E-state index in [1.807, 2.05) is 7.05 Å². The smallest absolute Gasteiger partial charge is 0.191 e. The van der Waals surface area contributed by atoms with Gasteiger partial charge in [-0.05, 0) is 62.9 Å². The molecule has 1 aromatic rings. The standard InChI is InChI=1S/C19H32N4.HI/c1-4-23-13-10-17(11-14-23)9-12-21-19(20-3)22-15-18-8-6-5-7-16(18)2;/h5-8,17H,4,9-15H2,1-3H3,(H2,20,21,22);1H. The van der Waals surface area contributed by atoms with E-state index in [2.05, 4.69) is 58.6 Å². The highest BCUT2D eigenvalue weighted by molar-refractivity contribution is 14.0. The van der Waals surface area contributed by atoms with Crippen LogP contribution in [-0.4, -0.2) is 44.1 Å². The molecule has 4 nitrogen and oxygen atoms in total. The van der Waals surface area contributed by atoms with Crippen LogP contribution in [-0.2, 0) is 6.54 Å². The van der Waals surface area contributed by atoms with Gasteiger partial charge in [0.15, 0.2) is 5.96 Å². The van der Waals surface area contributed by atoms with Crippen LogP contribution in [0.1, 0.15) is 37.3 Å². The van der Waals surface area contributed by atoms with E-state index in [1.165, 1.54) is 50.0 Å². The largest absolute Gasteiger partial charge is 0.356 e. The number of rotatable bonds is 6. The summed E-state index contributed by atoms with van der Waals surface area (Å²) in [7, 11) is 1.84. The van der Waals surface area contributed by atoms with Gasteiger partial charge in [0.05, 0.1) is 0 Å². The van der Waals surface area contributed by atoms with Crippen LogP contribution in [0.5, 0.6) is 0 Å². The van der Waals surface area contributed by atoms with Crippen molar-refractivity contribution >= 4 is 29.9 Å². The fourth-order valence-corrected chi connectivity index (χ4v) is 3.19. The minimum Gasteiger partial charge on any atom is -0.356 e. The second kappa shape index (κ2) is 11.7. The number of aliphatic imine (C=N–C) groups is 1. The van der Waals surface area contributed by atoms with E-state index < -0.39 is 0 Å². The molecule has 2 N–H and O–H groups in total. The highest BCUT2D eigenvalue weighted by atomic mass is 127. The number of nitrogens with zero attached hydrogens (tertiary/aromatic N) is 2. The Bertz CT molecular complexity index is 496. The molecular weight excluding hydrogens is 411 g/mol. The van der Waals surface area contributed by atoms with Gasteiger partial charge in [-0.1, -0.05) is 31.2 Å². The number of benzene rings is 1. The van der Waals surface area contributed by atoms with E-state index in [4.69, 9.17) is 0 Å². The van der Waals surface area contributed by atoms with Crippen LogP contribution in [0.3, 0.4) is 0 Å². The molecule has 2 rings (SSSR count). The number of hydrogen-bond acceptors (Lipinski definition) is 2. The third-order valence-corrected chi connectivity index (χ3v) is 4.93.